The summed E-state index contributed by atoms with van der Waals surface area (Å²) in [5.74, 6) is -1.51. The largest absolute Gasteiger partial charge is 0.497 e. The summed E-state index contributed by atoms with van der Waals surface area (Å²) in [5, 5.41) is 18.5. The molecule has 0 aliphatic heterocycles. The normalized spacial score (nSPS) is 10.3. The number of aryl methyl sites for hydroxylation is 1. The summed E-state index contributed by atoms with van der Waals surface area (Å²) < 4.78 is 5.11. The summed E-state index contributed by atoms with van der Waals surface area (Å²) in [6.07, 6.45) is 0. The number of rotatable bonds is 6. The number of hydrogen-bond acceptors (Lipinski definition) is 5. The van der Waals surface area contributed by atoms with E-state index in [2.05, 4.69) is 0 Å². The number of hydrogen-bond donors (Lipinski definition) is 2. The van der Waals surface area contributed by atoms with E-state index in [9.17, 15) is 19.8 Å². The second kappa shape index (κ2) is 7.43. The zero-order chi connectivity index (χ0) is 17.0. The standard InChI is InChI=1S/C16H14O5S2/c1-9-3-6-13(12(7-9)16(19)20)22-23-14-8-10(21-2)4-5-11(14)15(17)18/h3-8H,1-2H3,(H,17,18)(H,19,20). The third-order valence-corrected chi connectivity index (χ3v) is 5.47. The fourth-order valence-corrected chi connectivity index (χ4v) is 4.19. The number of carbonyl (C=O) groups is 2. The van der Waals surface area contributed by atoms with E-state index in [4.69, 9.17) is 4.74 Å². The zero-order valence-electron chi connectivity index (χ0n) is 12.4. The maximum absolute atomic E-state index is 11.3. The van der Waals surface area contributed by atoms with Crippen LogP contribution in [0, 0.1) is 6.92 Å². The average Bonchev–Trinajstić information content (AvgIpc) is 2.53. The second-order valence-corrected chi connectivity index (χ2v) is 6.85. The van der Waals surface area contributed by atoms with Gasteiger partial charge in [-0.05, 0) is 37.3 Å². The van der Waals surface area contributed by atoms with Gasteiger partial charge in [0.2, 0.25) is 0 Å². The Morgan fingerprint density at radius 1 is 0.913 bits per heavy atom. The van der Waals surface area contributed by atoms with Gasteiger partial charge in [0.15, 0.2) is 0 Å². The summed E-state index contributed by atoms with van der Waals surface area (Å²) in [7, 11) is 3.89. The molecule has 120 valence electrons. The molecule has 0 fully saturated rings. The number of ether oxygens (including phenoxy) is 1. The molecule has 0 radical (unpaired) electrons. The fourth-order valence-electron chi connectivity index (χ4n) is 1.85. The molecule has 0 aliphatic rings. The monoisotopic (exact) mass is 350 g/mol. The van der Waals surface area contributed by atoms with Crippen molar-refractivity contribution in [2.45, 2.75) is 16.7 Å². The van der Waals surface area contributed by atoms with Crippen LogP contribution in [-0.2, 0) is 0 Å². The quantitative estimate of drug-likeness (QED) is 0.755. The first kappa shape index (κ1) is 17.2. The highest BCUT2D eigenvalue weighted by Gasteiger charge is 2.15. The van der Waals surface area contributed by atoms with Crippen molar-refractivity contribution in [1.29, 1.82) is 0 Å². The van der Waals surface area contributed by atoms with Gasteiger partial charge in [-0.3, -0.25) is 0 Å². The third kappa shape index (κ3) is 4.20. The van der Waals surface area contributed by atoms with E-state index in [1.165, 1.54) is 34.8 Å². The number of carboxylic acids is 2. The van der Waals surface area contributed by atoms with Gasteiger partial charge in [0.1, 0.15) is 5.75 Å². The molecule has 0 aliphatic carbocycles. The molecule has 2 aromatic rings. The van der Waals surface area contributed by atoms with Crippen LogP contribution in [0.5, 0.6) is 5.75 Å². The van der Waals surface area contributed by atoms with Gasteiger partial charge in [0.25, 0.3) is 0 Å². The molecule has 0 saturated heterocycles. The van der Waals surface area contributed by atoms with Gasteiger partial charge in [-0.2, -0.15) is 0 Å². The summed E-state index contributed by atoms with van der Waals surface area (Å²) in [5.41, 5.74) is 1.19. The van der Waals surface area contributed by atoms with Crippen LogP contribution in [0.15, 0.2) is 46.2 Å². The van der Waals surface area contributed by atoms with E-state index in [-0.39, 0.29) is 11.1 Å². The molecule has 0 amide bonds. The van der Waals surface area contributed by atoms with E-state index in [0.29, 0.717) is 15.5 Å². The molecule has 2 rings (SSSR count). The number of aromatic carboxylic acids is 2. The first-order valence-electron chi connectivity index (χ1n) is 6.52. The van der Waals surface area contributed by atoms with Gasteiger partial charge in [-0.15, -0.1) is 0 Å². The van der Waals surface area contributed by atoms with E-state index in [1.54, 1.807) is 24.3 Å². The van der Waals surface area contributed by atoms with Crippen LogP contribution in [0.25, 0.3) is 0 Å². The highest BCUT2D eigenvalue weighted by molar-refractivity contribution is 8.76. The number of benzene rings is 2. The Bertz CT molecular complexity index is 758. The van der Waals surface area contributed by atoms with Crippen molar-refractivity contribution in [2.24, 2.45) is 0 Å². The Morgan fingerprint density at radius 3 is 2.17 bits per heavy atom. The van der Waals surface area contributed by atoms with Crippen molar-refractivity contribution in [3.63, 3.8) is 0 Å². The highest BCUT2D eigenvalue weighted by atomic mass is 33.1. The van der Waals surface area contributed by atoms with Gasteiger partial charge in [0, 0.05) is 9.79 Å². The van der Waals surface area contributed by atoms with Crippen LogP contribution in [0.1, 0.15) is 26.3 Å². The van der Waals surface area contributed by atoms with Gasteiger partial charge in [-0.25, -0.2) is 9.59 Å². The van der Waals surface area contributed by atoms with Crippen LogP contribution in [0.2, 0.25) is 0 Å². The average molecular weight is 350 g/mol. The van der Waals surface area contributed by atoms with Crippen molar-refractivity contribution in [1.82, 2.24) is 0 Å². The lowest BCUT2D eigenvalue weighted by Crippen LogP contribution is -2.00. The zero-order valence-corrected chi connectivity index (χ0v) is 14.0. The molecular weight excluding hydrogens is 336 g/mol. The minimum Gasteiger partial charge on any atom is -0.497 e. The summed E-state index contributed by atoms with van der Waals surface area (Å²) in [4.78, 5) is 23.7. The van der Waals surface area contributed by atoms with Gasteiger partial charge in [-0.1, -0.05) is 33.2 Å². The minimum atomic E-state index is -1.04. The van der Waals surface area contributed by atoms with Crippen LogP contribution in [-0.4, -0.2) is 29.3 Å². The van der Waals surface area contributed by atoms with Crippen molar-refractivity contribution in [3.8, 4) is 5.75 Å². The van der Waals surface area contributed by atoms with E-state index >= 15 is 0 Å². The summed E-state index contributed by atoms with van der Waals surface area (Å²) in [6.45, 7) is 1.82. The Balaban J connectivity index is 2.31. The lowest BCUT2D eigenvalue weighted by atomic mass is 10.1. The first-order chi connectivity index (χ1) is 10.9. The second-order valence-electron chi connectivity index (χ2n) is 4.64. The topological polar surface area (TPSA) is 83.8 Å². The minimum absolute atomic E-state index is 0.146. The number of carboxylic acid groups (broad SMARTS) is 2. The maximum atomic E-state index is 11.3. The summed E-state index contributed by atoms with van der Waals surface area (Å²) >= 11 is 0. The Labute approximate surface area is 141 Å². The smallest absolute Gasteiger partial charge is 0.336 e. The van der Waals surface area contributed by atoms with Gasteiger partial charge < -0.3 is 14.9 Å². The predicted molar refractivity (Wildman–Crippen MR) is 89.8 cm³/mol. The molecule has 0 unspecified atom stereocenters. The van der Waals surface area contributed by atoms with Crippen LogP contribution in [0.3, 0.4) is 0 Å². The van der Waals surface area contributed by atoms with Crippen LogP contribution < -0.4 is 4.74 Å². The Kier molecular flexibility index (Phi) is 5.57. The highest BCUT2D eigenvalue weighted by Crippen LogP contribution is 2.41. The Morgan fingerprint density at radius 2 is 1.57 bits per heavy atom. The van der Waals surface area contributed by atoms with Crippen molar-refractivity contribution >= 4 is 33.5 Å². The number of methoxy groups -OCH3 is 1. The molecule has 0 spiro atoms. The third-order valence-electron chi connectivity index (χ3n) is 3.01. The fraction of sp³-hybridized carbons (Fsp3) is 0.125. The van der Waals surface area contributed by atoms with Crippen LogP contribution in [0.4, 0.5) is 0 Å². The molecular formula is C16H14O5S2. The molecule has 0 atom stereocenters. The lowest BCUT2D eigenvalue weighted by molar-refractivity contribution is 0.0682. The van der Waals surface area contributed by atoms with Crippen LogP contribution >= 0.6 is 21.6 Å². The first-order valence-corrected chi connectivity index (χ1v) is 8.67. The summed E-state index contributed by atoms with van der Waals surface area (Å²) in [6, 6.07) is 9.80. The van der Waals surface area contributed by atoms with Crippen molar-refractivity contribution in [2.75, 3.05) is 7.11 Å². The molecule has 0 heterocycles. The SMILES string of the molecule is COc1ccc(C(=O)O)c(SSc2ccc(C)cc2C(=O)O)c1. The van der Waals surface area contributed by atoms with E-state index in [0.717, 1.165) is 5.56 Å². The molecule has 2 N–H and O–H groups in total. The predicted octanol–water partition coefficient (Wildman–Crippen LogP) is 4.20. The van der Waals surface area contributed by atoms with Crippen molar-refractivity contribution in [3.05, 3.63) is 53.1 Å². The molecule has 0 aromatic heterocycles. The van der Waals surface area contributed by atoms with Crippen molar-refractivity contribution < 1.29 is 24.5 Å². The lowest BCUT2D eigenvalue weighted by Gasteiger charge is -2.09. The van der Waals surface area contributed by atoms with Gasteiger partial charge >= 0.3 is 11.9 Å². The molecule has 23 heavy (non-hydrogen) atoms. The molecule has 7 heteroatoms. The molecule has 0 saturated carbocycles. The molecule has 0 bridgehead atoms. The molecule has 2 aromatic carbocycles. The van der Waals surface area contributed by atoms with E-state index < -0.39 is 11.9 Å². The molecule has 5 nitrogen and oxygen atoms in total. The maximum Gasteiger partial charge on any atom is 0.336 e. The van der Waals surface area contributed by atoms with Gasteiger partial charge in [0.05, 0.1) is 18.2 Å². The Hall–Kier alpha value is -2.12. The van der Waals surface area contributed by atoms with E-state index in [1.807, 2.05) is 13.0 Å².